The Bertz CT molecular complexity index is 204. The zero-order valence-corrected chi connectivity index (χ0v) is 11.6. The monoisotopic (exact) mass is 244 g/mol. The molecule has 102 valence electrons. The molecule has 2 N–H and O–H groups in total. The van der Waals surface area contributed by atoms with E-state index in [4.69, 9.17) is 15.2 Å². The highest BCUT2D eigenvalue weighted by atomic mass is 16.7. The molecule has 1 atom stereocenters. The summed E-state index contributed by atoms with van der Waals surface area (Å²) in [5.41, 5.74) is 5.90. The lowest BCUT2D eigenvalue weighted by molar-refractivity contribution is -0.164. The van der Waals surface area contributed by atoms with Gasteiger partial charge in [-0.2, -0.15) is 0 Å². The van der Waals surface area contributed by atoms with Gasteiger partial charge in [0.2, 0.25) is 0 Å². The van der Waals surface area contributed by atoms with Gasteiger partial charge in [0.05, 0.1) is 6.61 Å². The van der Waals surface area contributed by atoms with Crippen LogP contribution >= 0.6 is 0 Å². The molecule has 0 spiro atoms. The second kappa shape index (κ2) is 7.31. The van der Waals surface area contributed by atoms with Crippen LogP contribution in [0.15, 0.2) is 0 Å². The topological polar surface area (TPSA) is 47.7 Å². The van der Waals surface area contributed by atoms with Crippen molar-refractivity contribution in [2.24, 2.45) is 11.1 Å². The maximum Gasteiger partial charge on any atom is 0.157 e. The Morgan fingerprint density at radius 3 is 2.76 bits per heavy atom. The van der Waals surface area contributed by atoms with Crippen LogP contribution in [0.4, 0.5) is 0 Å². The van der Waals surface area contributed by atoms with Gasteiger partial charge in [-0.3, -0.25) is 0 Å². The summed E-state index contributed by atoms with van der Waals surface area (Å²) in [6, 6.07) is 0. The Labute approximate surface area is 105 Å². The predicted octanol–water partition coefficient (Wildman–Crippen LogP) is 1.45. The third-order valence-corrected chi connectivity index (χ3v) is 3.17. The Balaban J connectivity index is 2.09. The minimum atomic E-state index is 0.0275. The van der Waals surface area contributed by atoms with Crippen molar-refractivity contribution in [3.8, 4) is 0 Å². The van der Waals surface area contributed by atoms with E-state index < -0.39 is 0 Å². The van der Waals surface area contributed by atoms with E-state index in [-0.39, 0.29) is 11.7 Å². The van der Waals surface area contributed by atoms with Gasteiger partial charge in [-0.15, -0.1) is 0 Å². The second-order valence-electron chi connectivity index (χ2n) is 5.77. The summed E-state index contributed by atoms with van der Waals surface area (Å²) < 4.78 is 11.2. The van der Waals surface area contributed by atoms with Gasteiger partial charge in [-0.05, 0) is 38.3 Å². The Morgan fingerprint density at radius 1 is 1.41 bits per heavy atom. The van der Waals surface area contributed by atoms with Crippen LogP contribution in [0.5, 0.6) is 0 Å². The maximum absolute atomic E-state index is 5.72. The van der Waals surface area contributed by atoms with E-state index in [0.717, 1.165) is 32.7 Å². The van der Waals surface area contributed by atoms with Crippen LogP contribution < -0.4 is 5.73 Å². The highest BCUT2D eigenvalue weighted by molar-refractivity contribution is 4.73. The molecular weight excluding hydrogens is 216 g/mol. The summed E-state index contributed by atoms with van der Waals surface area (Å²) in [7, 11) is 2.11. The minimum Gasteiger partial charge on any atom is -0.353 e. The van der Waals surface area contributed by atoms with E-state index in [9.17, 15) is 0 Å². The molecule has 0 radical (unpaired) electrons. The Kier molecular flexibility index (Phi) is 6.41. The van der Waals surface area contributed by atoms with Gasteiger partial charge in [-0.25, -0.2) is 0 Å². The molecule has 1 rings (SSSR count). The molecule has 1 fully saturated rings. The highest BCUT2D eigenvalue weighted by Gasteiger charge is 2.18. The van der Waals surface area contributed by atoms with E-state index in [0.29, 0.717) is 6.54 Å². The SMILES string of the molecule is CN(CCOC1CCCCO1)CC(C)(C)CN. The van der Waals surface area contributed by atoms with Gasteiger partial charge in [0.1, 0.15) is 0 Å². The summed E-state index contributed by atoms with van der Waals surface area (Å²) in [6.45, 7) is 8.61. The molecule has 1 aliphatic rings. The molecule has 0 aromatic carbocycles. The first-order valence-corrected chi connectivity index (χ1v) is 6.65. The Morgan fingerprint density at radius 2 is 2.18 bits per heavy atom. The standard InChI is InChI=1S/C13H28N2O2/c1-13(2,10-14)11-15(3)7-9-17-12-6-4-5-8-16-12/h12H,4-11,14H2,1-3H3. The lowest BCUT2D eigenvalue weighted by atomic mass is 9.93. The van der Waals surface area contributed by atoms with Gasteiger partial charge in [0.25, 0.3) is 0 Å². The van der Waals surface area contributed by atoms with Crippen LogP contribution in [-0.4, -0.2) is 51.1 Å². The predicted molar refractivity (Wildman–Crippen MR) is 69.9 cm³/mol. The number of hydrogen-bond donors (Lipinski definition) is 1. The molecule has 4 heteroatoms. The second-order valence-corrected chi connectivity index (χ2v) is 5.77. The summed E-state index contributed by atoms with van der Waals surface area (Å²) in [4.78, 5) is 2.27. The first kappa shape index (κ1) is 14.9. The maximum atomic E-state index is 5.72. The smallest absolute Gasteiger partial charge is 0.157 e. The van der Waals surface area contributed by atoms with Crippen molar-refractivity contribution in [3.05, 3.63) is 0 Å². The molecule has 0 saturated carbocycles. The van der Waals surface area contributed by atoms with Crippen molar-refractivity contribution in [3.63, 3.8) is 0 Å². The van der Waals surface area contributed by atoms with Crippen molar-refractivity contribution in [2.75, 3.05) is 39.9 Å². The molecule has 0 aromatic heterocycles. The third-order valence-electron chi connectivity index (χ3n) is 3.17. The van der Waals surface area contributed by atoms with Gasteiger partial charge >= 0.3 is 0 Å². The van der Waals surface area contributed by atoms with Gasteiger partial charge < -0.3 is 20.1 Å². The number of likely N-dealkylation sites (N-methyl/N-ethyl adjacent to an activating group) is 1. The van der Waals surface area contributed by atoms with E-state index in [1.54, 1.807) is 0 Å². The molecule has 0 bridgehead atoms. The molecule has 0 aromatic rings. The number of nitrogens with two attached hydrogens (primary N) is 1. The van der Waals surface area contributed by atoms with E-state index in [2.05, 4.69) is 25.8 Å². The molecule has 1 saturated heterocycles. The molecule has 1 aliphatic heterocycles. The molecule has 1 unspecified atom stereocenters. The molecule has 4 nitrogen and oxygen atoms in total. The zero-order valence-electron chi connectivity index (χ0n) is 11.6. The van der Waals surface area contributed by atoms with Gasteiger partial charge in [0, 0.05) is 19.7 Å². The molecule has 1 heterocycles. The van der Waals surface area contributed by atoms with Crippen LogP contribution in [0.3, 0.4) is 0 Å². The fourth-order valence-corrected chi connectivity index (χ4v) is 2.06. The van der Waals surface area contributed by atoms with Crippen molar-refractivity contribution >= 4 is 0 Å². The zero-order chi connectivity index (χ0) is 12.7. The minimum absolute atomic E-state index is 0.0275. The van der Waals surface area contributed by atoms with Crippen LogP contribution in [0.1, 0.15) is 33.1 Å². The number of hydrogen-bond acceptors (Lipinski definition) is 4. The van der Waals surface area contributed by atoms with Crippen LogP contribution in [-0.2, 0) is 9.47 Å². The average molecular weight is 244 g/mol. The largest absolute Gasteiger partial charge is 0.353 e. The normalized spacial score (nSPS) is 22.1. The van der Waals surface area contributed by atoms with Crippen molar-refractivity contribution in [1.82, 2.24) is 4.90 Å². The highest BCUT2D eigenvalue weighted by Crippen LogP contribution is 2.15. The van der Waals surface area contributed by atoms with E-state index >= 15 is 0 Å². The van der Waals surface area contributed by atoms with Crippen molar-refractivity contribution in [2.45, 2.75) is 39.4 Å². The summed E-state index contributed by atoms with van der Waals surface area (Å²) in [5.74, 6) is 0. The van der Waals surface area contributed by atoms with Gasteiger partial charge in [0.15, 0.2) is 6.29 Å². The fourth-order valence-electron chi connectivity index (χ4n) is 2.06. The van der Waals surface area contributed by atoms with Crippen molar-refractivity contribution < 1.29 is 9.47 Å². The summed E-state index contributed by atoms with van der Waals surface area (Å²) in [6.07, 6.45) is 3.46. The first-order chi connectivity index (χ1) is 8.03. The quantitative estimate of drug-likeness (QED) is 0.736. The number of rotatable bonds is 7. The molecule has 0 amide bonds. The molecular formula is C13H28N2O2. The molecule has 0 aliphatic carbocycles. The Hall–Kier alpha value is -0.160. The molecule has 17 heavy (non-hydrogen) atoms. The fraction of sp³-hybridized carbons (Fsp3) is 1.00. The lowest BCUT2D eigenvalue weighted by Crippen LogP contribution is -2.38. The lowest BCUT2D eigenvalue weighted by Gasteiger charge is -2.29. The first-order valence-electron chi connectivity index (χ1n) is 6.65. The van der Waals surface area contributed by atoms with Crippen LogP contribution in [0.25, 0.3) is 0 Å². The van der Waals surface area contributed by atoms with Crippen LogP contribution in [0, 0.1) is 5.41 Å². The summed E-state index contributed by atoms with van der Waals surface area (Å²) in [5, 5.41) is 0. The van der Waals surface area contributed by atoms with E-state index in [1.165, 1.54) is 12.8 Å². The van der Waals surface area contributed by atoms with Gasteiger partial charge in [-0.1, -0.05) is 13.8 Å². The number of nitrogens with zero attached hydrogens (tertiary/aromatic N) is 1. The third kappa shape index (κ3) is 6.36. The van der Waals surface area contributed by atoms with E-state index in [1.807, 2.05) is 0 Å². The van der Waals surface area contributed by atoms with Crippen LogP contribution in [0.2, 0.25) is 0 Å². The number of ether oxygens (including phenoxy) is 2. The summed E-state index contributed by atoms with van der Waals surface area (Å²) >= 11 is 0. The average Bonchev–Trinajstić information content (AvgIpc) is 2.30. The van der Waals surface area contributed by atoms with Crippen molar-refractivity contribution in [1.29, 1.82) is 0 Å².